The van der Waals surface area contributed by atoms with E-state index in [0.29, 0.717) is 11.6 Å². The third kappa shape index (κ3) is 4.84. The van der Waals surface area contributed by atoms with Crippen molar-refractivity contribution >= 4 is 17.3 Å². The number of methoxy groups -OCH3 is 2. The van der Waals surface area contributed by atoms with Gasteiger partial charge in [0.15, 0.2) is 0 Å². The Bertz CT molecular complexity index is 873. The standard InChI is InChI=1S/C20H23N5O2/c1-25(11-8-15-6-9-21-10-7-15)20-13-19(22-14-23-20)24-17-12-16(26-2)4-5-18(17)27-3/h4-7,9-10,12-14H,8,11H2,1-3H3,(H,22,23,24). The van der Waals surface area contributed by atoms with Crippen LogP contribution in [-0.4, -0.2) is 42.8 Å². The predicted octanol–water partition coefficient (Wildman–Crippen LogP) is 3.31. The third-order valence-electron chi connectivity index (χ3n) is 4.20. The lowest BCUT2D eigenvalue weighted by molar-refractivity contribution is 0.405. The number of rotatable bonds is 8. The molecule has 7 heteroatoms. The highest BCUT2D eigenvalue weighted by atomic mass is 16.5. The van der Waals surface area contributed by atoms with Gasteiger partial charge in [-0.15, -0.1) is 0 Å². The van der Waals surface area contributed by atoms with Crippen LogP contribution in [0.4, 0.5) is 17.3 Å². The van der Waals surface area contributed by atoms with E-state index in [1.807, 2.05) is 55.8 Å². The minimum atomic E-state index is 0.683. The highest BCUT2D eigenvalue weighted by Gasteiger charge is 2.09. The molecule has 0 fully saturated rings. The summed E-state index contributed by atoms with van der Waals surface area (Å²) < 4.78 is 10.7. The van der Waals surface area contributed by atoms with Crippen LogP contribution in [0.25, 0.3) is 0 Å². The number of hydrogen-bond donors (Lipinski definition) is 1. The van der Waals surface area contributed by atoms with Gasteiger partial charge in [-0.25, -0.2) is 9.97 Å². The van der Waals surface area contributed by atoms with Crippen molar-refractivity contribution < 1.29 is 9.47 Å². The van der Waals surface area contributed by atoms with Crippen molar-refractivity contribution in [3.05, 3.63) is 60.7 Å². The van der Waals surface area contributed by atoms with Gasteiger partial charge in [0, 0.05) is 38.1 Å². The van der Waals surface area contributed by atoms with E-state index in [-0.39, 0.29) is 0 Å². The average molecular weight is 365 g/mol. The molecule has 0 bridgehead atoms. The van der Waals surface area contributed by atoms with Gasteiger partial charge >= 0.3 is 0 Å². The zero-order chi connectivity index (χ0) is 19.1. The molecule has 0 radical (unpaired) electrons. The predicted molar refractivity (Wildman–Crippen MR) is 106 cm³/mol. The molecule has 27 heavy (non-hydrogen) atoms. The SMILES string of the molecule is COc1ccc(OC)c(Nc2cc(N(C)CCc3ccncc3)ncn2)c1. The van der Waals surface area contributed by atoms with Gasteiger partial charge in [0.25, 0.3) is 0 Å². The number of benzene rings is 1. The number of ether oxygens (including phenoxy) is 2. The molecular weight excluding hydrogens is 342 g/mol. The molecule has 0 spiro atoms. The van der Waals surface area contributed by atoms with Crippen molar-refractivity contribution in [3.63, 3.8) is 0 Å². The van der Waals surface area contributed by atoms with Crippen LogP contribution < -0.4 is 19.7 Å². The maximum atomic E-state index is 5.41. The zero-order valence-electron chi connectivity index (χ0n) is 15.7. The van der Waals surface area contributed by atoms with E-state index in [0.717, 1.165) is 30.2 Å². The molecule has 1 N–H and O–H groups in total. The maximum absolute atomic E-state index is 5.41. The molecule has 0 aliphatic rings. The summed E-state index contributed by atoms with van der Waals surface area (Å²) in [6, 6.07) is 11.5. The summed E-state index contributed by atoms with van der Waals surface area (Å²) in [5, 5.41) is 3.28. The Morgan fingerprint density at radius 3 is 2.56 bits per heavy atom. The summed E-state index contributed by atoms with van der Waals surface area (Å²) in [4.78, 5) is 14.8. The Labute approximate surface area is 159 Å². The van der Waals surface area contributed by atoms with Crippen LogP contribution in [-0.2, 0) is 6.42 Å². The Kier molecular flexibility index (Phi) is 6.04. The van der Waals surface area contributed by atoms with Gasteiger partial charge in [-0.2, -0.15) is 0 Å². The molecule has 0 aliphatic carbocycles. The topological polar surface area (TPSA) is 72.4 Å². The molecular formula is C20H23N5O2. The first-order valence-corrected chi connectivity index (χ1v) is 8.60. The molecule has 2 aromatic heterocycles. The molecule has 7 nitrogen and oxygen atoms in total. The smallest absolute Gasteiger partial charge is 0.142 e. The van der Waals surface area contributed by atoms with E-state index in [1.54, 1.807) is 20.5 Å². The summed E-state index contributed by atoms with van der Waals surface area (Å²) >= 11 is 0. The van der Waals surface area contributed by atoms with Crippen LogP contribution >= 0.6 is 0 Å². The highest BCUT2D eigenvalue weighted by Crippen LogP contribution is 2.31. The van der Waals surface area contributed by atoms with E-state index in [9.17, 15) is 0 Å². The van der Waals surface area contributed by atoms with E-state index < -0.39 is 0 Å². The van der Waals surface area contributed by atoms with Crippen molar-refractivity contribution in [1.82, 2.24) is 15.0 Å². The number of likely N-dealkylation sites (N-methyl/N-ethyl adjacent to an activating group) is 1. The van der Waals surface area contributed by atoms with Gasteiger partial charge in [-0.05, 0) is 36.2 Å². The highest BCUT2D eigenvalue weighted by molar-refractivity contribution is 5.67. The van der Waals surface area contributed by atoms with Crippen molar-refractivity contribution in [2.45, 2.75) is 6.42 Å². The number of pyridine rings is 1. The fourth-order valence-corrected chi connectivity index (χ4v) is 2.63. The van der Waals surface area contributed by atoms with Crippen LogP contribution in [0.15, 0.2) is 55.1 Å². The van der Waals surface area contributed by atoms with Gasteiger partial charge in [-0.1, -0.05) is 0 Å². The van der Waals surface area contributed by atoms with E-state index >= 15 is 0 Å². The normalized spacial score (nSPS) is 10.3. The number of nitrogens with one attached hydrogen (secondary N) is 1. The summed E-state index contributed by atoms with van der Waals surface area (Å²) in [5.41, 5.74) is 2.02. The summed E-state index contributed by atoms with van der Waals surface area (Å²) in [7, 11) is 5.27. The third-order valence-corrected chi connectivity index (χ3v) is 4.20. The molecule has 1 aromatic carbocycles. The second-order valence-corrected chi connectivity index (χ2v) is 5.98. The number of aromatic nitrogens is 3. The minimum Gasteiger partial charge on any atom is -0.497 e. The van der Waals surface area contributed by atoms with Crippen molar-refractivity contribution in [2.24, 2.45) is 0 Å². The second kappa shape index (κ2) is 8.84. The first-order chi connectivity index (χ1) is 13.2. The fraction of sp³-hybridized carbons (Fsp3) is 0.250. The van der Waals surface area contributed by atoms with Crippen molar-refractivity contribution in [1.29, 1.82) is 0 Å². The largest absolute Gasteiger partial charge is 0.497 e. The Hall–Kier alpha value is -3.35. The molecule has 0 saturated heterocycles. The van der Waals surface area contributed by atoms with Crippen LogP contribution in [0.1, 0.15) is 5.56 Å². The fourth-order valence-electron chi connectivity index (χ4n) is 2.63. The summed E-state index contributed by atoms with van der Waals surface area (Å²) in [6.45, 7) is 0.836. The van der Waals surface area contributed by atoms with Gasteiger partial charge < -0.3 is 19.7 Å². The zero-order valence-corrected chi connectivity index (χ0v) is 15.7. The monoisotopic (exact) mass is 365 g/mol. The van der Waals surface area contributed by atoms with Crippen LogP contribution in [0.3, 0.4) is 0 Å². The molecule has 0 unspecified atom stereocenters. The Balaban J connectivity index is 1.72. The Morgan fingerprint density at radius 2 is 1.81 bits per heavy atom. The molecule has 0 atom stereocenters. The van der Waals surface area contributed by atoms with E-state index in [1.165, 1.54) is 5.56 Å². The van der Waals surface area contributed by atoms with Crippen molar-refractivity contribution in [2.75, 3.05) is 38.0 Å². The lowest BCUT2D eigenvalue weighted by Gasteiger charge is -2.19. The molecule has 0 amide bonds. The number of anilines is 3. The number of nitrogens with zero attached hydrogens (tertiary/aromatic N) is 4. The van der Waals surface area contributed by atoms with Crippen molar-refractivity contribution in [3.8, 4) is 11.5 Å². The Morgan fingerprint density at radius 1 is 1.00 bits per heavy atom. The quantitative estimate of drug-likeness (QED) is 0.656. The molecule has 0 saturated carbocycles. The molecule has 140 valence electrons. The molecule has 3 aromatic rings. The summed E-state index contributed by atoms with van der Waals surface area (Å²) in [5.74, 6) is 2.97. The number of hydrogen-bond acceptors (Lipinski definition) is 7. The average Bonchev–Trinajstić information content (AvgIpc) is 2.73. The van der Waals surface area contributed by atoms with E-state index in [4.69, 9.17) is 9.47 Å². The second-order valence-electron chi connectivity index (χ2n) is 5.98. The lowest BCUT2D eigenvalue weighted by atomic mass is 10.2. The van der Waals surface area contributed by atoms with Crippen LogP contribution in [0, 0.1) is 0 Å². The van der Waals surface area contributed by atoms with Crippen LogP contribution in [0.5, 0.6) is 11.5 Å². The first-order valence-electron chi connectivity index (χ1n) is 8.60. The first kappa shape index (κ1) is 18.4. The molecule has 3 rings (SSSR count). The van der Waals surface area contributed by atoms with Gasteiger partial charge in [0.2, 0.25) is 0 Å². The van der Waals surface area contributed by atoms with Gasteiger partial charge in [0.1, 0.15) is 29.5 Å². The minimum absolute atomic E-state index is 0.683. The lowest BCUT2D eigenvalue weighted by Crippen LogP contribution is -2.21. The molecule has 2 heterocycles. The van der Waals surface area contributed by atoms with Crippen LogP contribution in [0.2, 0.25) is 0 Å². The van der Waals surface area contributed by atoms with Gasteiger partial charge in [-0.3, -0.25) is 4.98 Å². The van der Waals surface area contributed by atoms with E-state index in [2.05, 4.69) is 25.2 Å². The summed E-state index contributed by atoms with van der Waals surface area (Å²) in [6.07, 6.45) is 6.08. The molecule has 0 aliphatic heterocycles. The maximum Gasteiger partial charge on any atom is 0.142 e. The van der Waals surface area contributed by atoms with Gasteiger partial charge in [0.05, 0.1) is 19.9 Å².